The van der Waals surface area contributed by atoms with Gasteiger partial charge in [-0.25, -0.2) is 0 Å². The lowest BCUT2D eigenvalue weighted by Crippen LogP contribution is -2.51. The number of hydrogen-bond donors (Lipinski definition) is 1. The Kier molecular flexibility index (Phi) is 2.75. The van der Waals surface area contributed by atoms with Gasteiger partial charge < -0.3 is 10.6 Å². The highest BCUT2D eigenvalue weighted by molar-refractivity contribution is 5.85. The minimum Gasteiger partial charge on any atom is -0.341 e. The van der Waals surface area contributed by atoms with Crippen molar-refractivity contribution in [3.05, 3.63) is 0 Å². The van der Waals surface area contributed by atoms with Crippen LogP contribution >= 0.6 is 0 Å². The monoisotopic (exact) mass is 210 g/mol. The summed E-state index contributed by atoms with van der Waals surface area (Å²) in [6.45, 7) is 5.95. The number of carbonyl (C=O) groups is 1. The minimum absolute atomic E-state index is 0.0290. The van der Waals surface area contributed by atoms with Crippen LogP contribution in [0.25, 0.3) is 0 Å². The Morgan fingerprint density at radius 2 is 2.20 bits per heavy atom. The number of likely N-dealkylation sites (tertiary alicyclic amines) is 1. The second-order valence-corrected chi connectivity index (χ2v) is 5.43. The molecule has 2 fully saturated rings. The van der Waals surface area contributed by atoms with Crippen molar-refractivity contribution in [2.75, 3.05) is 13.1 Å². The molecule has 15 heavy (non-hydrogen) atoms. The second kappa shape index (κ2) is 3.78. The molecule has 2 aliphatic rings. The first kappa shape index (κ1) is 10.9. The highest BCUT2D eigenvalue weighted by atomic mass is 16.2. The Morgan fingerprint density at radius 3 is 2.67 bits per heavy atom. The quantitative estimate of drug-likeness (QED) is 0.748. The van der Waals surface area contributed by atoms with E-state index in [9.17, 15) is 4.79 Å². The maximum atomic E-state index is 12.1. The average molecular weight is 210 g/mol. The van der Waals surface area contributed by atoms with Gasteiger partial charge in [0.1, 0.15) is 0 Å². The van der Waals surface area contributed by atoms with Crippen LogP contribution in [0.4, 0.5) is 0 Å². The molecule has 0 aromatic rings. The summed E-state index contributed by atoms with van der Waals surface area (Å²) in [5.41, 5.74) is 6.06. The lowest BCUT2D eigenvalue weighted by Gasteiger charge is -2.37. The molecule has 1 saturated heterocycles. The Hall–Kier alpha value is -0.570. The maximum Gasteiger partial charge on any atom is 0.228 e. The van der Waals surface area contributed by atoms with Crippen LogP contribution in [0.2, 0.25) is 0 Å². The predicted octanol–water partition coefficient (Wildman–Crippen LogP) is 1.37. The number of hydrogen-bond acceptors (Lipinski definition) is 2. The first-order chi connectivity index (χ1) is 7.07. The van der Waals surface area contributed by atoms with Gasteiger partial charge >= 0.3 is 0 Å². The zero-order chi connectivity index (χ0) is 11.1. The molecule has 1 saturated carbocycles. The van der Waals surface area contributed by atoms with Crippen molar-refractivity contribution in [1.29, 1.82) is 0 Å². The van der Waals surface area contributed by atoms with E-state index in [0.717, 1.165) is 38.8 Å². The van der Waals surface area contributed by atoms with Crippen LogP contribution in [-0.4, -0.2) is 29.9 Å². The van der Waals surface area contributed by atoms with Gasteiger partial charge in [0.2, 0.25) is 5.91 Å². The molecule has 1 heterocycles. The van der Waals surface area contributed by atoms with Crippen LogP contribution in [0.3, 0.4) is 0 Å². The van der Waals surface area contributed by atoms with Crippen LogP contribution in [0, 0.1) is 11.3 Å². The molecule has 2 atom stereocenters. The highest BCUT2D eigenvalue weighted by Gasteiger charge is 2.47. The standard InChI is InChI=1S/C12H22N2O/c1-3-9-4-7-14(8-10(9)13)11(15)12(2)5-6-12/h9-10H,3-8,13H2,1-2H3. The fourth-order valence-corrected chi connectivity index (χ4v) is 2.50. The molecule has 0 aromatic carbocycles. The molecular weight excluding hydrogens is 188 g/mol. The third-order valence-electron chi connectivity index (χ3n) is 4.13. The van der Waals surface area contributed by atoms with E-state index in [1.807, 2.05) is 4.90 Å². The van der Waals surface area contributed by atoms with Gasteiger partial charge in [-0.2, -0.15) is 0 Å². The largest absolute Gasteiger partial charge is 0.341 e. The van der Waals surface area contributed by atoms with Crippen molar-refractivity contribution in [3.8, 4) is 0 Å². The number of nitrogens with zero attached hydrogens (tertiary/aromatic N) is 1. The molecule has 0 radical (unpaired) electrons. The summed E-state index contributed by atoms with van der Waals surface area (Å²) < 4.78 is 0. The van der Waals surface area contributed by atoms with Crippen molar-refractivity contribution in [2.24, 2.45) is 17.1 Å². The van der Waals surface area contributed by atoms with Gasteiger partial charge in [0.05, 0.1) is 0 Å². The van der Waals surface area contributed by atoms with Crippen LogP contribution in [0.1, 0.15) is 39.5 Å². The Bertz CT molecular complexity index is 260. The number of rotatable bonds is 2. The molecular formula is C12H22N2O. The van der Waals surface area contributed by atoms with E-state index in [4.69, 9.17) is 5.73 Å². The van der Waals surface area contributed by atoms with Gasteiger partial charge in [-0.15, -0.1) is 0 Å². The third kappa shape index (κ3) is 2.03. The summed E-state index contributed by atoms with van der Waals surface area (Å²) in [6.07, 6.45) is 4.35. The van der Waals surface area contributed by atoms with E-state index in [2.05, 4.69) is 13.8 Å². The molecule has 2 unspecified atom stereocenters. The van der Waals surface area contributed by atoms with E-state index in [-0.39, 0.29) is 11.5 Å². The molecule has 0 bridgehead atoms. The van der Waals surface area contributed by atoms with Gasteiger partial charge in [0, 0.05) is 24.5 Å². The van der Waals surface area contributed by atoms with E-state index in [1.54, 1.807) is 0 Å². The summed E-state index contributed by atoms with van der Waals surface area (Å²) >= 11 is 0. The van der Waals surface area contributed by atoms with Crippen molar-refractivity contribution in [2.45, 2.75) is 45.6 Å². The first-order valence-corrected chi connectivity index (χ1v) is 6.12. The lowest BCUT2D eigenvalue weighted by atomic mass is 9.89. The second-order valence-electron chi connectivity index (χ2n) is 5.43. The SMILES string of the molecule is CCC1CCN(C(=O)C2(C)CC2)CC1N. The molecule has 86 valence electrons. The van der Waals surface area contributed by atoms with Gasteiger partial charge in [-0.3, -0.25) is 4.79 Å². The Morgan fingerprint density at radius 1 is 1.53 bits per heavy atom. The number of piperidine rings is 1. The minimum atomic E-state index is -0.0290. The number of amides is 1. The smallest absolute Gasteiger partial charge is 0.228 e. The Labute approximate surface area is 92.0 Å². The number of nitrogens with two attached hydrogens (primary N) is 1. The van der Waals surface area contributed by atoms with E-state index >= 15 is 0 Å². The third-order valence-corrected chi connectivity index (χ3v) is 4.13. The molecule has 1 aliphatic heterocycles. The van der Waals surface area contributed by atoms with Gasteiger partial charge in [0.15, 0.2) is 0 Å². The summed E-state index contributed by atoms with van der Waals surface area (Å²) in [7, 11) is 0. The predicted molar refractivity (Wildman–Crippen MR) is 60.3 cm³/mol. The molecule has 2 N–H and O–H groups in total. The van der Waals surface area contributed by atoms with Crippen LogP contribution in [0.5, 0.6) is 0 Å². The van der Waals surface area contributed by atoms with Crippen LogP contribution in [-0.2, 0) is 4.79 Å². The molecule has 1 aliphatic carbocycles. The van der Waals surface area contributed by atoms with Crippen molar-refractivity contribution in [3.63, 3.8) is 0 Å². The molecule has 3 nitrogen and oxygen atoms in total. The molecule has 2 rings (SSSR count). The zero-order valence-corrected chi connectivity index (χ0v) is 9.83. The van der Waals surface area contributed by atoms with E-state index < -0.39 is 0 Å². The maximum absolute atomic E-state index is 12.1. The van der Waals surface area contributed by atoms with E-state index in [1.165, 1.54) is 0 Å². The summed E-state index contributed by atoms with van der Waals surface area (Å²) in [5.74, 6) is 0.952. The zero-order valence-electron chi connectivity index (χ0n) is 9.83. The molecule has 3 heteroatoms. The number of carbonyl (C=O) groups excluding carboxylic acids is 1. The van der Waals surface area contributed by atoms with Gasteiger partial charge in [0.25, 0.3) is 0 Å². The van der Waals surface area contributed by atoms with Crippen molar-refractivity contribution >= 4 is 5.91 Å². The Balaban J connectivity index is 1.93. The average Bonchev–Trinajstić information content (AvgIpc) is 2.96. The van der Waals surface area contributed by atoms with Crippen LogP contribution < -0.4 is 5.73 Å². The highest BCUT2D eigenvalue weighted by Crippen LogP contribution is 2.46. The first-order valence-electron chi connectivity index (χ1n) is 6.12. The summed E-state index contributed by atoms with van der Waals surface area (Å²) in [4.78, 5) is 14.1. The molecule has 0 spiro atoms. The summed E-state index contributed by atoms with van der Waals surface area (Å²) in [5, 5.41) is 0. The van der Waals surface area contributed by atoms with Crippen LogP contribution in [0.15, 0.2) is 0 Å². The molecule has 0 aromatic heterocycles. The van der Waals surface area contributed by atoms with Gasteiger partial charge in [-0.05, 0) is 25.2 Å². The normalized spacial score (nSPS) is 33.9. The fourth-order valence-electron chi connectivity index (χ4n) is 2.50. The lowest BCUT2D eigenvalue weighted by molar-refractivity contribution is -0.138. The van der Waals surface area contributed by atoms with E-state index in [0.29, 0.717) is 11.8 Å². The fraction of sp³-hybridized carbons (Fsp3) is 0.917. The van der Waals surface area contributed by atoms with Crippen molar-refractivity contribution < 1.29 is 4.79 Å². The topological polar surface area (TPSA) is 46.3 Å². The van der Waals surface area contributed by atoms with Gasteiger partial charge in [-0.1, -0.05) is 20.3 Å². The summed E-state index contributed by atoms with van der Waals surface area (Å²) in [6, 6.07) is 0.190. The molecule has 1 amide bonds. The van der Waals surface area contributed by atoms with Crippen molar-refractivity contribution in [1.82, 2.24) is 4.90 Å².